The van der Waals surface area contributed by atoms with E-state index in [2.05, 4.69) is 25.1 Å². The summed E-state index contributed by atoms with van der Waals surface area (Å²) >= 11 is 0. The van der Waals surface area contributed by atoms with Gasteiger partial charge in [0.15, 0.2) is 0 Å². The molecule has 2 N–H and O–H groups in total. The first-order chi connectivity index (χ1) is 10.1. The molecule has 2 rings (SSSR count). The Balaban J connectivity index is 2.03. The normalized spacial score (nSPS) is 10.4. The Labute approximate surface area is 126 Å². The van der Waals surface area contributed by atoms with Crippen LogP contribution >= 0.6 is 0 Å². The first kappa shape index (κ1) is 15.1. The number of anilines is 1. The van der Waals surface area contributed by atoms with Gasteiger partial charge >= 0.3 is 0 Å². The van der Waals surface area contributed by atoms with Gasteiger partial charge in [0.25, 0.3) is 0 Å². The first-order valence-corrected chi connectivity index (χ1v) is 7.26. The zero-order valence-corrected chi connectivity index (χ0v) is 12.7. The summed E-state index contributed by atoms with van der Waals surface area (Å²) in [4.78, 5) is 14.3. The predicted octanol–water partition coefficient (Wildman–Crippen LogP) is 3.17. The van der Waals surface area contributed by atoms with Crippen LogP contribution < -0.4 is 5.73 Å². The van der Waals surface area contributed by atoms with Crippen molar-refractivity contribution in [2.45, 2.75) is 26.8 Å². The summed E-state index contributed by atoms with van der Waals surface area (Å²) in [6, 6.07) is 15.8. The second-order valence-corrected chi connectivity index (χ2v) is 5.32. The Morgan fingerprint density at radius 1 is 1.10 bits per heavy atom. The molecular formula is C18H22N2O. The fraction of sp³-hybridized carbons (Fsp3) is 0.278. The van der Waals surface area contributed by atoms with Crippen molar-refractivity contribution in [3.63, 3.8) is 0 Å². The molecule has 0 spiro atoms. The quantitative estimate of drug-likeness (QED) is 0.856. The van der Waals surface area contributed by atoms with Crippen LogP contribution in [0.1, 0.15) is 23.6 Å². The van der Waals surface area contributed by atoms with Crippen molar-refractivity contribution in [2.24, 2.45) is 0 Å². The lowest BCUT2D eigenvalue weighted by Gasteiger charge is -2.21. The minimum Gasteiger partial charge on any atom is -0.399 e. The molecule has 0 saturated heterocycles. The third-order valence-corrected chi connectivity index (χ3v) is 3.53. The lowest BCUT2D eigenvalue weighted by atomic mass is 10.1. The van der Waals surface area contributed by atoms with E-state index in [4.69, 9.17) is 5.73 Å². The van der Waals surface area contributed by atoms with Gasteiger partial charge in [0.2, 0.25) is 5.91 Å². The van der Waals surface area contributed by atoms with Gasteiger partial charge in [-0.05, 0) is 37.1 Å². The number of carbonyl (C=O) groups is 1. The highest BCUT2D eigenvalue weighted by Crippen LogP contribution is 2.11. The van der Waals surface area contributed by atoms with E-state index in [-0.39, 0.29) is 5.91 Å². The van der Waals surface area contributed by atoms with Crippen LogP contribution in [0.3, 0.4) is 0 Å². The van der Waals surface area contributed by atoms with Gasteiger partial charge in [-0.3, -0.25) is 4.79 Å². The maximum Gasteiger partial charge on any atom is 0.227 e. The number of hydrogen-bond donors (Lipinski definition) is 1. The molecule has 3 heteroatoms. The molecule has 0 aliphatic rings. The van der Waals surface area contributed by atoms with Crippen molar-refractivity contribution in [2.75, 3.05) is 12.3 Å². The average molecular weight is 282 g/mol. The molecule has 0 fully saturated rings. The highest BCUT2D eigenvalue weighted by atomic mass is 16.2. The van der Waals surface area contributed by atoms with Gasteiger partial charge in [-0.25, -0.2) is 0 Å². The van der Waals surface area contributed by atoms with E-state index in [9.17, 15) is 4.79 Å². The van der Waals surface area contributed by atoms with E-state index in [1.165, 1.54) is 11.1 Å². The van der Waals surface area contributed by atoms with E-state index < -0.39 is 0 Å². The molecule has 2 aromatic rings. The molecule has 0 radical (unpaired) electrons. The van der Waals surface area contributed by atoms with Gasteiger partial charge in [0.05, 0.1) is 6.42 Å². The molecule has 0 heterocycles. The van der Waals surface area contributed by atoms with Crippen molar-refractivity contribution in [1.29, 1.82) is 0 Å². The van der Waals surface area contributed by atoms with Crippen molar-refractivity contribution in [3.8, 4) is 0 Å². The number of amides is 1. The molecule has 21 heavy (non-hydrogen) atoms. The molecular weight excluding hydrogens is 260 g/mol. The van der Waals surface area contributed by atoms with Crippen molar-refractivity contribution in [1.82, 2.24) is 4.90 Å². The van der Waals surface area contributed by atoms with Crippen LogP contribution in [0.5, 0.6) is 0 Å². The van der Waals surface area contributed by atoms with E-state index in [0.717, 1.165) is 11.3 Å². The molecule has 0 atom stereocenters. The van der Waals surface area contributed by atoms with Crippen molar-refractivity contribution < 1.29 is 4.79 Å². The summed E-state index contributed by atoms with van der Waals surface area (Å²) in [7, 11) is 0. The number of nitrogens with two attached hydrogens (primary N) is 1. The summed E-state index contributed by atoms with van der Waals surface area (Å²) in [6.07, 6.45) is 0.417. The second-order valence-electron chi connectivity index (χ2n) is 5.32. The topological polar surface area (TPSA) is 46.3 Å². The van der Waals surface area contributed by atoms with Gasteiger partial charge in [0.1, 0.15) is 0 Å². The average Bonchev–Trinajstić information content (AvgIpc) is 2.47. The fourth-order valence-corrected chi connectivity index (χ4v) is 2.33. The Hall–Kier alpha value is -2.29. The monoisotopic (exact) mass is 282 g/mol. The molecule has 1 amide bonds. The fourth-order valence-electron chi connectivity index (χ4n) is 2.33. The highest BCUT2D eigenvalue weighted by Gasteiger charge is 2.12. The summed E-state index contributed by atoms with van der Waals surface area (Å²) < 4.78 is 0. The minimum atomic E-state index is 0.142. The minimum absolute atomic E-state index is 0.142. The number of benzene rings is 2. The van der Waals surface area contributed by atoms with Crippen LogP contribution in [0.2, 0.25) is 0 Å². The lowest BCUT2D eigenvalue weighted by Crippen LogP contribution is -2.31. The van der Waals surface area contributed by atoms with Crippen LogP contribution in [0.4, 0.5) is 5.69 Å². The van der Waals surface area contributed by atoms with Gasteiger partial charge in [-0.1, -0.05) is 42.0 Å². The summed E-state index contributed by atoms with van der Waals surface area (Å²) in [5.74, 6) is 0.142. The molecule has 0 bridgehead atoms. The number of likely N-dealkylation sites (N-methyl/N-ethyl adjacent to an activating group) is 1. The second kappa shape index (κ2) is 6.93. The number of rotatable bonds is 5. The van der Waals surface area contributed by atoms with E-state index in [0.29, 0.717) is 19.5 Å². The maximum absolute atomic E-state index is 12.4. The van der Waals surface area contributed by atoms with E-state index in [1.807, 2.05) is 42.2 Å². The smallest absolute Gasteiger partial charge is 0.227 e. The number of carbonyl (C=O) groups excluding carboxylic acids is 1. The zero-order chi connectivity index (χ0) is 15.2. The van der Waals surface area contributed by atoms with Crippen LogP contribution in [-0.2, 0) is 17.8 Å². The van der Waals surface area contributed by atoms with E-state index >= 15 is 0 Å². The molecule has 0 saturated carbocycles. The van der Waals surface area contributed by atoms with Crippen LogP contribution in [0.25, 0.3) is 0 Å². The molecule has 0 aliphatic carbocycles. The first-order valence-electron chi connectivity index (χ1n) is 7.26. The third kappa shape index (κ3) is 4.35. The molecule has 3 nitrogen and oxygen atoms in total. The third-order valence-electron chi connectivity index (χ3n) is 3.53. The summed E-state index contributed by atoms with van der Waals surface area (Å²) in [6.45, 7) is 5.44. The Bertz CT molecular complexity index is 605. The standard InChI is InChI=1S/C18H22N2O/c1-3-20(13-16-6-4-5-14(2)11-16)18(21)12-15-7-9-17(19)10-8-15/h4-11H,3,12-13,19H2,1-2H3. The molecule has 110 valence electrons. The molecule has 0 unspecified atom stereocenters. The van der Waals surface area contributed by atoms with Crippen molar-refractivity contribution >= 4 is 11.6 Å². The number of aryl methyl sites for hydroxylation is 1. The van der Waals surface area contributed by atoms with E-state index in [1.54, 1.807) is 0 Å². The maximum atomic E-state index is 12.4. The van der Waals surface area contributed by atoms with Gasteiger partial charge < -0.3 is 10.6 Å². The SMILES string of the molecule is CCN(Cc1cccc(C)c1)C(=O)Cc1ccc(N)cc1. The Morgan fingerprint density at radius 2 is 1.81 bits per heavy atom. The Kier molecular flexibility index (Phi) is 4.99. The number of hydrogen-bond acceptors (Lipinski definition) is 2. The lowest BCUT2D eigenvalue weighted by molar-refractivity contribution is -0.130. The molecule has 2 aromatic carbocycles. The van der Waals surface area contributed by atoms with Crippen molar-refractivity contribution in [3.05, 3.63) is 65.2 Å². The number of nitrogen functional groups attached to an aromatic ring is 1. The predicted molar refractivity (Wildman–Crippen MR) is 86.8 cm³/mol. The van der Waals surface area contributed by atoms with Gasteiger partial charge in [-0.15, -0.1) is 0 Å². The highest BCUT2D eigenvalue weighted by molar-refractivity contribution is 5.78. The van der Waals surface area contributed by atoms with Gasteiger partial charge in [0, 0.05) is 18.8 Å². The summed E-state index contributed by atoms with van der Waals surface area (Å²) in [5.41, 5.74) is 9.77. The Morgan fingerprint density at radius 3 is 2.43 bits per heavy atom. The van der Waals surface area contributed by atoms with Crippen LogP contribution in [0, 0.1) is 6.92 Å². The van der Waals surface area contributed by atoms with Crippen LogP contribution in [-0.4, -0.2) is 17.4 Å². The van der Waals surface area contributed by atoms with Crippen LogP contribution in [0.15, 0.2) is 48.5 Å². The zero-order valence-electron chi connectivity index (χ0n) is 12.7. The molecule has 0 aromatic heterocycles. The molecule has 0 aliphatic heterocycles. The summed E-state index contributed by atoms with van der Waals surface area (Å²) in [5, 5.41) is 0. The largest absolute Gasteiger partial charge is 0.399 e. The van der Waals surface area contributed by atoms with Gasteiger partial charge in [-0.2, -0.15) is 0 Å². The number of nitrogens with zero attached hydrogens (tertiary/aromatic N) is 1.